The highest BCUT2D eigenvalue weighted by Gasteiger charge is 2.44. The third-order valence-electron chi connectivity index (χ3n) is 4.54. The quantitative estimate of drug-likeness (QED) is 0.747. The van der Waals surface area contributed by atoms with Crippen LogP contribution >= 0.6 is 0 Å². The Hall–Kier alpha value is -0.610. The van der Waals surface area contributed by atoms with E-state index in [1.165, 1.54) is 6.42 Å². The van der Waals surface area contributed by atoms with Crippen LogP contribution in [0.3, 0.4) is 0 Å². The molecule has 0 radical (unpaired) electrons. The zero-order chi connectivity index (χ0) is 13.0. The topological polar surface area (TPSA) is 52.6 Å². The normalized spacial score (nSPS) is 28.1. The second-order valence-corrected chi connectivity index (χ2v) is 5.76. The predicted octanol–water partition coefficient (Wildman–Crippen LogP) is 1.14. The van der Waals surface area contributed by atoms with Gasteiger partial charge in [-0.1, -0.05) is 13.3 Å². The van der Waals surface area contributed by atoms with Crippen molar-refractivity contribution in [3.8, 4) is 0 Å². The van der Waals surface area contributed by atoms with Gasteiger partial charge in [0.1, 0.15) is 0 Å². The number of hydrogen-bond donors (Lipinski definition) is 2. The van der Waals surface area contributed by atoms with Crippen molar-refractivity contribution in [3.63, 3.8) is 0 Å². The van der Waals surface area contributed by atoms with Crippen LogP contribution < -0.4 is 5.32 Å². The molecule has 104 valence electrons. The van der Waals surface area contributed by atoms with Gasteiger partial charge >= 0.3 is 0 Å². The first-order chi connectivity index (χ1) is 8.73. The van der Waals surface area contributed by atoms with Crippen LogP contribution in [0.25, 0.3) is 0 Å². The summed E-state index contributed by atoms with van der Waals surface area (Å²) >= 11 is 0. The van der Waals surface area contributed by atoms with Crippen molar-refractivity contribution in [2.45, 2.75) is 51.5 Å². The number of amides is 1. The summed E-state index contributed by atoms with van der Waals surface area (Å²) in [6, 6.07) is 0.388. The number of hydrogen-bond acceptors (Lipinski definition) is 3. The van der Waals surface area contributed by atoms with Crippen molar-refractivity contribution < 1.29 is 9.90 Å². The Kier molecular flexibility index (Phi) is 4.62. The van der Waals surface area contributed by atoms with Crippen molar-refractivity contribution >= 4 is 5.91 Å². The van der Waals surface area contributed by atoms with Crippen molar-refractivity contribution in [1.82, 2.24) is 10.2 Å². The van der Waals surface area contributed by atoms with Crippen LogP contribution in [0.4, 0.5) is 0 Å². The Bertz CT molecular complexity index is 284. The lowest BCUT2D eigenvalue weighted by molar-refractivity contribution is -0.146. The highest BCUT2D eigenvalue weighted by atomic mass is 16.3. The third kappa shape index (κ3) is 2.54. The van der Waals surface area contributed by atoms with Gasteiger partial charge in [-0.05, 0) is 38.6 Å². The van der Waals surface area contributed by atoms with Crippen LogP contribution in [0.1, 0.15) is 45.4 Å². The lowest BCUT2D eigenvalue weighted by Crippen LogP contribution is -2.52. The van der Waals surface area contributed by atoms with Crippen LogP contribution in [0.5, 0.6) is 0 Å². The molecule has 4 heteroatoms. The summed E-state index contributed by atoms with van der Waals surface area (Å²) in [5, 5.41) is 12.5. The molecule has 1 unspecified atom stereocenters. The fourth-order valence-corrected chi connectivity index (χ4v) is 3.29. The lowest BCUT2D eigenvalue weighted by atomic mass is 9.79. The molecule has 0 aromatic carbocycles. The number of rotatable bonds is 6. The van der Waals surface area contributed by atoms with E-state index in [2.05, 4.69) is 12.2 Å². The fraction of sp³-hybridized carbons (Fsp3) is 0.929. The molecule has 0 bridgehead atoms. The van der Waals surface area contributed by atoms with Gasteiger partial charge < -0.3 is 15.3 Å². The van der Waals surface area contributed by atoms with Crippen LogP contribution in [0.15, 0.2) is 0 Å². The minimum atomic E-state index is -0.195. The molecule has 2 rings (SSSR count). The average molecular weight is 254 g/mol. The SMILES string of the molecule is CCCC1(C(=O)N(CCO)C2CCC2)CCNC1. The van der Waals surface area contributed by atoms with Crippen molar-refractivity contribution in [2.24, 2.45) is 5.41 Å². The molecular formula is C14H26N2O2. The van der Waals surface area contributed by atoms with Gasteiger partial charge in [0.2, 0.25) is 5.91 Å². The maximum absolute atomic E-state index is 12.9. The molecule has 0 aromatic heterocycles. The first kappa shape index (κ1) is 13.8. The van der Waals surface area contributed by atoms with Crippen LogP contribution in [-0.4, -0.2) is 48.2 Å². The van der Waals surface area contributed by atoms with Gasteiger partial charge in [0, 0.05) is 19.1 Å². The summed E-state index contributed by atoms with van der Waals surface area (Å²) < 4.78 is 0. The second kappa shape index (κ2) is 6.02. The summed E-state index contributed by atoms with van der Waals surface area (Å²) in [5.74, 6) is 0.285. The van der Waals surface area contributed by atoms with Gasteiger partial charge in [0.05, 0.1) is 12.0 Å². The zero-order valence-electron chi connectivity index (χ0n) is 11.5. The molecule has 1 saturated carbocycles. The van der Waals surface area contributed by atoms with E-state index in [-0.39, 0.29) is 17.9 Å². The fourth-order valence-electron chi connectivity index (χ4n) is 3.29. The van der Waals surface area contributed by atoms with E-state index in [1.54, 1.807) is 0 Å². The Labute approximate surface area is 110 Å². The smallest absolute Gasteiger partial charge is 0.230 e. The number of aliphatic hydroxyl groups is 1. The van der Waals surface area contributed by atoms with Crippen molar-refractivity contribution in [2.75, 3.05) is 26.2 Å². The number of nitrogens with one attached hydrogen (secondary N) is 1. The molecular weight excluding hydrogens is 228 g/mol. The minimum Gasteiger partial charge on any atom is -0.395 e. The van der Waals surface area contributed by atoms with Crippen molar-refractivity contribution in [3.05, 3.63) is 0 Å². The molecule has 2 N–H and O–H groups in total. The summed E-state index contributed by atoms with van der Waals surface area (Å²) in [6.07, 6.45) is 6.41. The van der Waals surface area contributed by atoms with E-state index < -0.39 is 0 Å². The van der Waals surface area contributed by atoms with E-state index in [9.17, 15) is 9.90 Å². The standard InChI is InChI=1S/C14H26N2O2/c1-2-6-14(7-8-15-11-14)13(18)16(9-10-17)12-4-3-5-12/h12,15,17H,2-11H2,1H3. The largest absolute Gasteiger partial charge is 0.395 e. The van der Waals surface area contributed by atoms with E-state index in [0.29, 0.717) is 12.6 Å². The van der Waals surface area contributed by atoms with Gasteiger partial charge in [-0.25, -0.2) is 0 Å². The van der Waals surface area contributed by atoms with Crippen LogP contribution in [0, 0.1) is 5.41 Å². The molecule has 1 heterocycles. The number of aliphatic hydroxyl groups excluding tert-OH is 1. The summed E-state index contributed by atoms with van der Waals surface area (Å²) in [4.78, 5) is 14.8. The summed E-state index contributed by atoms with van der Waals surface area (Å²) in [6.45, 7) is 4.50. The molecule has 1 aliphatic heterocycles. The Morgan fingerprint density at radius 3 is 2.72 bits per heavy atom. The number of nitrogens with zero attached hydrogens (tertiary/aromatic N) is 1. The van der Waals surface area contributed by atoms with E-state index in [4.69, 9.17) is 0 Å². The van der Waals surface area contributed by atoms with Gasteiger partial charge in [-0.3, -0.25) is 4.79 Å². The molecule has 1 saturated heterocycles. The molecule has 1 aliphatic carbocycles. The molecule has 0 aromatic rings. The molecule has 2 aliphatic rings. The number of carbonyl (C=O) groups is 1. The highest BCUT2D eigenvalue weighted by molar-refractivity contribution is 5.83. The lowest BCUT2D eigenvalue weighted by Gasteiger charge is -2.42. The van der Waals surface area contributed by atoms with E-state index in [1.807, 2.05) is 4.90 Å². The summed E-state index contributed by atoms with van der Waals surface area (Å²) in [5.41, 5.74) is -0.195. The van der Waals surface area contributed by atoms with Crippen LogP contribution in [-0.2, 0) is 4.79 Å². The monoisotopic (exact) mass is 254 g/mol. The average Bonchev–Trinajstić information content (AvgIpc) is 2.75. The molecule has 1 amide bonds. The van der Waals surface area contributed by atoms with E-state index >= 15 is 0 Å². The molecule has 18 heavy (non-hydrogen) atoms. The summed E-state index contributed by atoms with van der Waals surface area (Å²) in [7, 11) is 0. The minimum absolute atomic E-state index is 0.0812. The van der Waals surface area contributed by atoms with Gasteiger partial charge in [-0.2, -0.15) is 0 Å². The van der Waals surface area contributed by atoms with Gasteiger partial charge in [0.15, 0.2) is 0 Å². The molecule has 1 atom stereocenters. The Morgan fingerprint density at radius 1 is 1.50 bits per heavy atom. The van der Waals surface area contributed by atoms with Crippen molar-refractivity contribution in [1.29, 1.82) is 0 Å². The highest BCUT2D eigenvalue weighted by Crippen LogP contribution is 2.36. The first-order valence-corrected chi connectivity index (χ1v) is 7.36. The Balaban J connectivity index is 2.09. The van der Waals surface area contributed by atoms with Crippen LogP contribution in [0.2, 0.25) is 0 Å². The predicted molar refractivity (Wildman–Crippen MR) is 71.3 cm³/mol. The zero-order valence-corrected chi connectivity index (χ0v) is 11.5. The van der Waals surface area contributed by atoms with Gasteiger partial charge in [-0.15, -0.1) is 0 Å². The Morgan fingerprint density at radius 2 is 2.28 bits per heavy atom. The molecule has 0 spiro atoms. The van der Waals surface area contributed by atoms with E-state index in [0.717, 1.165) is 45.2 Å². The maximum Gasteiger partial charge on any atom is 0.230 e. The molecule has 2 fully saturated rings. The maximum atomic E-state index is 12.9. The first-order valence-electron chi connectivity index (χ1n) is 7.36. The third-order valence-corrected chi connectivity index (χ3v) is 4.54. The van der Waals surface area contributed by atoms with Gasteiger partial charge in [0.25, 0.3) is 0 Å². The number of carbonyl (C=O) groups excluding carboxylic acids is 1. The second-order valence-electron chi connectivity index (χ2n) is 5.76. The molecule has 4 nitrogen and oxygen atoms in total.